The first kappa shape index (κ1) is 16.6. The number of aromatic nitrogens is 4. The Labute approximate surface area is 141 Å². The van der Waals surface area contributed by atoms with Crippen LogP contribution in [0.5, 0.6) is 0 Å². The zero-order valence-electron chi connectivity index (χ0n) is 13.6. The normalized spacial score (nSPS) is 20.7. The molecule has 1 aliphatic carbocycles. The number of hydrogen-bond donors (Lipinski definition) is 2. The van der Waals surface area contributed by atoms with Crippen LogP contribution in [0.4, 0.5) is 0 Å². The van der Waals surface area contributed by atoms with E-state index in [1.54, 1.807) is 0 Å². The monoisotopic (exact) mass is 329 g/mol. The molecule has 0 unspecified atom stereocenters. The lowest BCUT2D eigenvalue weighted by atomic mass is 9.93. The van der Waals surface area contributed by atoms with Crippen molar-refractivity contribution in [1.29, 1.82) is 0 Å². The molecule has 0 spiro atoms. The van der Waals surface area contributed by atoms with Crippen LogP contribution < -0.4 is 5.32 Å². The van der Waals surface area contributed by atoms with E-state index in [1.807, 2.05) is 30.3 Å². The second-order valence-electron chi connectivity index (χ2n) is 6.25. The molecule has 1 saturated carbocycles. The largest absolute Gasteiger partial charge is 0.393 e. The van der Waals surface area contributed by atoms with Gasteiger partial charge in [-0.3, -0.25) is 4.79 Å². The van der Waals surface area contributed by atoms with Crippen LogP contribution in [-0.2, 0) is 11.3 Å². The van der Waals surface area contributed by atoms with E-state index < -0.39 is 0 Å². The third-order valence-electron chi connectivity index (χ3n) is 4.31. The molecule has 0 atom stereocenters. The maximum Gasteiger partial charge on any atom is 0.220 e. The predicted molar refractivity (Wildman–Crippen MR) is 88.9 cm³/mol. The van der Waals surface area contributed by atoms with Crippen molar-refractivity contribution in [2.45, 2.75) is 57.2 Å². The number of hydrogen-bond acceptors (Lipinski definition) is 5. The average molecular weight is 329 g/mol. The Hall–Kier alpha value is -2.28. The number of nitrogens with one attached hydrogen (secondary N) is 1. The second-order valence-corrected chi connectivity index (χ2v) is 6.25. The van der Waals surface area contributed by atoms with Gasteiger partial charge >= 0.3 is 0 Å². The molecule has 0 radical (unpaired) electrons. The quantitative estimate of drug-likeness (QED) is 0.838. The number of carbonyl (C=O) groups excluding carboxylic acids is 1. The Balaban J connectivity index is 1.40. The molecule has 2 aromatic rings. The molecular formula is C17H23N5O2. The second kappa shape index (κ2) is 8.01. The molecule has 7 heteroatoms. The zero-order chi connectivity index (χ0) is 16.8. The summed E-state index contributed by atoms with van der Waals surface area (Å²) in [7, 11) is 0. The highest BCUT2D eigenvalue weighted by Crippen LogP contribution is 2.18. The summed E-state index contributed by atoms with van der Waals surface area (Å²) in [5.41, 5.74) is 0.931. The molecule has 2 N–H and O–H groups in total. The predicted octanol–water partition coefficient (Wildman–Crippen LogP) is 1.54. The maximum absolute atomic E-state index is 12.0. The molecular weight excluding hydrogens is 306 g/mol. The number of aryl methyl sites for hydroxylation is 1. The lowest BCUT2D eigenvalue weighted by Crippen LogP contribution is -2.38. The summed E-state index contributed by atoms with van der Waals surface area (Å²) in [6, 6.07) is 9.90. The van der Waals surface area contributed by atoms with Crippen LogP contribution in [0.15, 0.2) is 30.3 Å². The van der Waals surface area contributed by atoms with Gasteiger partial charge in [0.2, 0.25) is 11.7 Å². The number of carbonyl (C=O) groups is 1. The summed E-state index contributed by atoms with van der Waals surface area (Å²) in [6.07, 6.45) is 4.19. The molecule has 1 aromatic heterocycles. The van der Waals surface area contributed by atoms with Crippen LogP contribution in [0.25, 0.3) is 11.4 Å². The molecule has 0 bridgehead atoms. The third kappa shape index (κ3) is 4.61. The molecule has 1 aliphatic rings. The van der Waals surface area contributed by atoms with Crippen LogP contribution >= 0.6 is 0 Å². The average Bonchev–Trinajstić information content (AvgIpc) is 3.07. The van der Waals surface area contributed by atoms with Crippen LogP contribution in [0.2, 0.25) is 0 Å². The standard InChI is InChI=1S/C17H23N5O2/c23-15-10-8-14(9-11-15)18-16(24)7-4-12-22-20-17(19-21-22)13-5-2-1-3-6-13/h1-3,5-6,14-15,23H,4,7-12H2,(H,18,24). The third-order valence-corrected chi connectivity index (χ3v) is 4.31. The Morgan fingerprint density at radius 3 is 2.71 bits per heavy atom. The summed E-state index contributed by atoms with van der Waals surface area (Å²) in [4.78, 5) is 13.5. The topological polar surface area (TPSA) is 92.9 Å². The highest BCUT2D eigenvalue weighted by Gasteiger charge is 2.20. The van der Waals surface area contributed by atoms with Crippen LogP contribution in [0.3, 0.4) is 0 Å². The van der Waals surface area contributed by atoms with Crippen LogP contribution in [-0.4, -0.2) is 43.4 Å². The van der Waals surface area contributed by atoms with Crippen molar-refractivity contribution >= 4 is 5.91 Å². The Morgan fingerprint density at radius 2 is 1.96 bits per heavy atom. The fourth-order valence-corrected chi connectivity index (χ4v) is 2.94. The minimum atomic E-state index is -0.199. The molecule has 1 heterocycles. The van der Waals surface area contributed by atoms with Gasteiger partial charge in [-0.2, -0.15) is 4.80 Å². The van der Waals surface area contributed by atoms with E-state index in [4.69, 9.17) is 0 Å². The van der Waals surface area contributed by atoms with Crippen molar-refractivity contribution in [3.05, 3.63) is 30.3 Å². The van der Waals surface area contributed by atoms with Crippen molar-refractivity contribution in [2.24, 2.45) is 0 Å². The van der Waals surface area contributed by atoms with E-state index in [0.29, 0.717) is 25.2 Å². The first-order valence-electron chi connectivity index (χ1n) is 8.51. The number of aliphatic hydroxyl groups excluding tert-OH is 1. The van der Waals surface area contributed by atoms with Crippen molar-refractivity contribution in [2.75, 3.05) is 0 Å². The van der Waals surface area contributed by atoms with Gasteiger partial charge in [-0.15, -0.1) is 10.2 Å². The van der Waals surface area contributed by atoms with Gasteiger partial charge in [0, 0.05) is 18.0 Å². The van der Waals surface area contributed by atoms with Crippen molar-refractivity contribution in [3.8, 4) is 11.4 Å². The fourth-order valence-electron chi connectivity index (χ4n) is 2.94. The minimum absolute atomic E-state index is 0.0554. The number of aliphatic hydroxyl groups is 1. The summed E-state index contributed by atoms with van der Waals surface area (Å²) in [6.45, 7) is 0.566. The Bertz CT molecular complexity index is 650. The van der Waals surface area contributed by atoms with Gasteiger partial charge in [0.05, 0.1) is 12.6 Å². The van der Waals surface area contributed by atoms with Crippen LogP contribution in [0.1, 0.15) is 38.5 Å². The molecule has 7 nitrogen and oxygen atoms in total. The maximum atomic E-state index is 12.0. The molecule has 24 heavy (non-hydrogen) atoms. The summed E-state index contributed by atoms with van der Waals surface area (Å²) < 4.78 is 0. The Kier molecular flexibility index (Phi) is 5.53. The molecule has 128 valence electrons. The number of tetrazole rings is 1. The van der Waals surface area contributed by atoms with E-state index in [0.717, 1.165) is 31.2 Å². The number of benzene rings is 1. The summed E-state index contributed by atoms with van der Waals surface area (Å²) >= 11 is 0. The number of rotatable bonds is 6. The lowest BCUT2D eigenvalue weighted by molar-refractivity contribution is -0.122. The molecule has 0 saturated heterocycles. The lowest BCUT2D eigenvalue weighted by Gasteiger charge is -2.26. The van der Waals surface area contributed by atoms with E-state index in [9.17, 15) is 9.90 Å². The van der Waals surface area contributed by atoms with Gasteiger partial charge in [0.15, 0.2) is 0 Å². The van der Waals surface area contributed by atoms with Gasteiger partial charge < -0.3 is 10.4 Å². The number of amides is 1. The Morgan fingerprint density at radius 1 is 1.21 bits per heavy atom. The SMILES string of the molecule is O=C(CCCn1nnc(-c2ccccc2)n1)NC1CCC(O)CC1. The van der Waals surface area contributed by atoms with Gasteiger partial charge in [-0.25, -0.2) is 0 Å². The van der Waals surface area contributed by atoms with E-state index >= 15 is 0 Å². The fraction of sp³-hybridized carbons (Fsp3) is 0.529. The highest BCUT2D eigenvalue weighted by molar-refractivity contribution is 5.76. The van der Waals surface area contributed by atoms with Gasteiger partial charge in [0.25, 0.3) is 0 Å². The first-order valence-corrected chi connectivity index (χ1v) is 8.51. The smallest absolute Gasteiger partial charge is 0.220 e. The van der Waals surface area contributed by atoms with Crippen LogP contribution in [0, 0.1) is 0 Å². The summed E-state index contributed by atoms with van der Waals surface area (Å²) in [5.74, 6) is 0.653. The molecule has 0 aliphatic heterocycles. The zero-order valence-corrected chi connectivity index (χ0v) is 13.6. The van der Waals surface area contributed by atoms with Crippen molar-refractivity contribution < 1.29 is 9.90 Å². The van der Waals surface area contributed by atoms with E-state index in [1.165, 1.54) is 4.80 Å². The van der Waals surface area contributed by atoms with Gasteiger partial charge in [-0.1, -0.05) is 30.3 Å². The van der Waals surface area contributed by atoms with Crippen molar-refractivity contribution in [3.63, 3.8) is 0 Å². The molecule has 1 fully saturated rings. The van der Waals surface area contributed by atoms with Gasteiger partial charge in [-0.05, 0) is 37.3 Å². The first-order chi connectivity index (χ1) is 11.7. The number of nitrogens with zero attached hydrogens (tertiary/aromatic N) is 4. The van der Waals surface area contributed by atoms with Crippen molar-refractivity contribution in [1.82, 2.24) is 25.5 Å². The van der Waals surface area contributed by atoms with Gasteiger partial charge in [0.1, 0.15) is 0 Å². The van der Waals surface area contributed by atoms with E-state index in [-0.39, 0.29) is 18.1 Å². The summed E-state index contributed by atoms with van der Waals surface area (Å²) in [5, 5.41) is 24.9. The molecule has 3 rings (SSSR count). The highest BCUT2D eigenvalue weighted by atomic mass is 16.3. The molecule has 1 amide bonds. The van der Waals surface area contributed by atoms with E-state index in [2.05, 4.69) is 20.7 Å². The molecule has 1 aromatic carbocycles. The minimum Gasteiger partial charge on any atom is -0.393 e.